The van der Waals surface area contributed by atoms with Crippen molar-refractivity contribution in [2.75, 3.05) is 7.11 Å². The monoisotopic (exact) mass is 290 g/mol. The molecule has 0 amide bonds. The zero-order valence-corrected chi connectivity index (χ0v) is 12.1. The fourth-order valence-corrected chi connectivity index (χ4v) is 1.88. The lowest BCUT2D eigenvalue weighted by Crippen LogP contribution is -2.09. The van der Waals surface area contributed by atoms with E-state index in [1.165, 1.54) is 7.11 Å². The smallest absolute Gasteiger partial charge is 0.343 e. The van der Waals surface area contributed by atoms with E-state index < -0.39 is 5.97 Å². The normalized spacial score (nSPS) is 11.8. The molecule has 0 saturated carbocycles. The summed E-state index contributed by atoms with van der Waals surface area (Å²) in [4.78, 5) is 12.0. The lowest BCUT2D eigenvalue weighted by Gasteiger charge is -2.12. The van der Waals surface area contributed by atoms with Crippen LogP contribution in [0.1, 0.15) is 28.2 Å². The molecule has 0 aliphatic carbocycles. The summed E-state index contributed by atoms with van der Waals surface area (Å²) in [6.45, 7) is 1.87. The number of halogens is 1. The summed E-state index contributed by atoms with van der Waals surface area (Å²) in [5, 5.41) is -0.136. The first kappa shape index (κ1) is 14.4. The Balaban J connectivity index is 2.23. The second-order valence-corrected chi connectivity index (χ2v) is 4.94. The zero-order chi connectivity index (χ0) is 14.5. The third-order valence-electron chi connectivity index (χ3n) is 2.86. The van der Waals surface area contributed by atoms with Gasteiger partial charge in [-0.1, -0.05) is 24.3 Å². The number of ether oxygens (including phenoxy) is 2. The van der Waals surface area contributed by atoms with Gasteiger partial charge in [-0.25, -0.2) is 4.79 Å². The number of methoxy groups -OCH3 is 1. The van der Waals surface area contributed by atoms with Gasteiger partial charge in [0.15, 0.2) is 11.5 Å². The minimum atomic E-state index is -0.421. The van der Waals surface area contributed by atoms with Crippen LogP contribution in [0.15, 0.2) is 48.5 Å². The topological polar surface area (TPSA) is 35.5 Å². The molecule has 0 saturated heterocycles. The number of carbonyl (C=O) groups excluding carboxylic acids is 1. The van der Waals surface area contributed by atoms with Crippen molar-refractivity contribution < 1.29 is 14.3 Å². The van der Waals surface area contributed by atoms with Crippen LogP contribution in [0.2, 0.25) is 0 Å². The molecule has 2 aromatic rings. The average molecular weight is 291 g/mol. The van der Waals surface area contributed by atoms with Crippen LogP contribution in [-0.4, -0.2) is 13.1 Å². The molecule has 0 bridgehead atoms. The lowest BCUT2D eigenvalue weighted by atomic mass is 10.1. The summed E-state index contributed by atoms with van der Waals surface area (Å²) < 4.78 is 10.6. The first-order valence-corrected chi connectivity index (χ1v) is 6.64. The van der Waals surface area contributed by atoms with Gasteiger partial charge < -0.3 is 9.47 Å². The number of hydrogen-bond donors (Lipinski definition) is 0. The van der Waals surface area contributed by atoms with Crippen LogP contribution in [0.4, 0.5) is 0 Å². The van der Waals surface area contributed by atoms with Gasteiger partial charge in [0.2, 0.25) is 0 Å². The van der Waals surface area contributed by atoms with E-state index in [1.807, 2.05) is 19.1 Å². The van der Waals surface area contributed by atoms with Gasteiger partial charge in [-0.15, -0.1) is 11.6 Å². The second kappa shape index (κ2) is 6.44. The highest BCUT2D eigenvalue weighted by Crippen LogP contribution is 2.32. The summed E-state index contributed by atoms with van der Waals surface area (Å²) in [6, 6.07) is 14.1. The lowest BCUT2D eigenvalue weighted by molar-refractivity contribution is 0.0729. The Morgan fingerprint density at radius 2 is 1.80 bits per heavy atom. The van der Waals surface area contributed by atoms with Gasteiger partial charge in [-0.05, 0) is 36.8 Å². The Bertz CT molecular complexity index is 594. The summed E-state index contributed by atoms with van der Waals surface area (Å²) in [7, 11) is 1.53. The number of esters is 1. The molecule has 4 heteroatoms. The van der Waals surface area contributed by atoms with Crippen LogP contribution in [0.5, 0.6) is 11.5 Å². The predicted molar refractivity (Wildman–Crippen MR) is 78.7 cm³/mol. The highest BCUT2D eigenvalue weighted by atomic mass is 35.5. The van der Waals surface area contributed by atoms with Gasteiger partial charge >= 0.3 is 5.97 Å². The Labute approximate surface area is 123 Å². The van der Waals surface area contributed by atoms with Gasteiger partial charge in [-0.3, -0.25) is 0 Å². The molecule has 0 spiro atoms. The molecule has 0 heterocycles. The molecule has 0 radical (unpaired) electrons. The Kier molecular flexibility index (Phi) is 4.64. The summed E-state index contributed by atoms with van der Waals surface area (Å²) in [5.74, 6) is 0.442. The number of hydrogen-bond acceptors (Lipinski definition) is 3. The minimum absolute atomic E-state index is 0.136. The molecule has 1 atom stereocenters. The largest absolute Gasteiger partial charge is 0.493 e. The zero-order valence-electron chi connectivity index (χ0n) is 11.3. The molecule has 2 rings (SSSR count). The summed E-state index contributed by atoms with van der Waals surface area (Å²) in [5.41, 5.74) is 1.40. The van der Waals surface area contributed by atoms with E-state index in [0.29, 0.717) is 17.1 Å². The molecule has 0 fully saturated rings. The number of rotatable bonds is 4. The minimum Gasteiger partial charge on any atom is -0.493 e. The van der Waals surface area contributed by atoms with E-state index in [0.717, 1.165) is 5.56 Å². The van der Waals surface area contributed by atoms with E-state index in [1.54, 1.807) is 36.4 Å². The molecular weight excluding hydrogens is 276 g/mol. The Morgan fingerprint density at radius 1 is 1.10 bits per heavy atom. The van der Waals surface area contributed by atoms with Crippen LogP contribution >= 0.6 is 11.6 Å². The van der Waals surface area contributed by atoms with Crippen molar-refractivity contribution >= 4 is 17.6 Å². The summed E-state index contributed by atoms with van der Waals surface area (Å²) >= 11 is 6.02. The van der Waals surface area contributed by atoms with Crippen LogP contribution in [0.25, 0.3) is 0 Å². The van der Waals surface area contributed by atoms with Crippen molar-refractivity contribution in [2.45, 2.75) is 12.3 Å². The van der Waals surface area contributed by atoms with Crippen molar-refractivity contribution in [3.8, 4) is 11.5 Å². The predicted octanol–water partition coefficient (Wildman–Crippen LogP) is 4.21. The van der Waals surface area contributed by atoms with Gasteiger partial charge in [0, 0.05) is 0 Å². The highest BCUT2D eigenvalue weighted by molar-refractivity contribution is 6.20. The van der Waals surface area contributed by atoms with Crippen LogP contribution in [0.3, 0.4) is 0 Å². The maximum absolute atomic E-state index is 12.0. The van der Waals surface area contributed by atoms with E-state index in [9.17, 15) is 4.79 Å². The first-order valence-electron chi connectivity index (χ1n) is 6.21. The maximum Gasteiger partial charge on any atom is 0.343 e. The van der Waals surface area contributed by atoms with Crippen molar-refractivity contribution in [3.63, 3.8) is 0 Å². The van der Waals surface area contributed by atoms with Gasteiger partial charge in [-0.2, -0.15) is 0 Å². The molecule has 20 heavy (non-hydrogen) atoms. The molecule has 3 nitrogen and oxygen atoms in total. The standard InChI is InChI=1S/C16H15ClO3/c1-11(17)13-8-9-14(15(10-13)19-2)20-16(18)12-6-4-3-5-7-12/h3-11H,1-2H3/t11-/m1/s1. The molecule has 104 valence electrons. The maximum atomic E-state index is 12.0. The number of carbonyl (C=O) groups is 1. The third-order valence-corrected chi connectivity index (χ3v) is 3.11. The first-order chi connectivity index (χ1) is 9.61. The van der Waals surface area contributed by atoms with Gasteiger partial charge in [0.05, 0.1) is 18.1 Å². The molecule has 2 aromatic carbocycles. The molecule has 0 aliphatic rings. The van der Waals surface area contributed by atoms with E-state index in [4.69, 9.17) is 21.1 Å². The van der Waals surface area contributed by atoms with E-state index in [-0.39, 0.29) is 5.38 Å². The summed E-state index contributed by atoms with van der Waals surface area (Å²) in [6.07, 6.45) is 0. The van der Waals surface area contributed by atoms with Crippen molar-refractivity contribution in [1.82, 2.24) is 0 Å². The molecule has 0 unspecified atom stereocenters. The fourth-order valence-electron chi connectivity index (χ4n) is 1.75. The van der Waals surface area contributed by atoms with E-state index in [2.05, 4.69) is 0 Å². The van der Waals surface area contributed by atoms with Crippen LogP contribution in [-0.2, 0) is 0 Å². The fraction of sp³-hybridized carbons (Fsp3) is 0.188. The molecule has 0 aromatic heterocycles. The van der Waals surface area contributed by atoms with Gasteiger partial charge in [0.1, 0.15) is 0 Å². The second-order valence-electron chi connectivity index (χ2n) is 4.28. The number of alkyl halides is 1. The average Bonchev–Trinajstić information content (AvgIpc) is 2.48. The SMILES string of the molecule is COc1cc([C@@H](C)Cl)ccc1OC(=O)c1ccccc1. The van der Waals surface area contributed by atoms with Crippen LogP contribution < -0.4 is 9.47 Å². The van der Waals surface area contributed by atoms with E-state index >= 15 is 0 Å². The number of benzene rings is 2. The molecule has 0 N–H and O–H groups in total. The van der Waals surface area contributed by atoms with Crippen molar-refractivity contribution in [2.24, 2.45) is 0 Å². The molecule has 0 aliphatic heterocycles. The Morgan fingerprint density at radius 3 is 2.40 bits per heavy atom. The highest BCUT2D eigenvalue weighted by Gasteiger charge is 2.13. The van der Waals surface area contributed by atoms with Crippen molar-refractivity contribution in [3.05, 3.63) is 59.7 Å². The van der Waals surface area contributed by atoms with Crippen molar-refractivity contribution in [1.29, 1.82) is 0 Å². The molecular formula is C16H15ClO3. The third kappa shape index (κ3) is 3.31. The Hall–Kier alpha value is -2.00. The van der Waals surface area contributed by atoms with Gasteiger partial charge in [0.25, 0.3) is 0 Å². The van der Waals surface area contributed by atoms with Crippen LogP contribution in [0, 0.1) is 0 Å². The quantitative estimate of drug-likeness (QED) is 0.480.